The molecule has 0 spiro atoms. The summed E-state index contributed by atoms with van der Waals surface area (Å²) < 4.78 is 17.1. The number of carboxylic acids is 1. The van der Waals surface area contributed by atoms with E-state index in [-0.39, 0.29) is 49.1 Å². The molecular weight excluding hydrogens is 775 g/mol. The van der Waals surface area contributed by atoms with Gasteiger partial charge in [0.2, 0.25) is 0 Å². The van der Waals surface area contributed by atoms with Gasteiger partial charge in [0.25, 0.3) is 0 Å². The minimum atomic E-state index is -1.14. The number of allylic oxidation sites excluding steroid dienone is 16. The Morgan fingerprint density at radius 2 is 0.952 bits per heavy atom. The van der Waals surface area contributed by atoms with E-state index in [1.165, 1.54) is 44.9 Å². The molecule has 2 unspecified atom stereocenters. The van der Waals surface area contributed by atoms with Crippen LogP contribution in [0.1, 0.15) is 174 Å². The van der Waals surface area contributed by atoms with Crippen LogP contribution >= 0.6 is 0 Å². The first-order valence-electron chi connectivity index (χ1n) is 24.3. The molecule has 0 saturated heterocycles. The zero-order chi connectivity index (χ0) is 45.6. The molecule has 8 heteroatoms. The van der Waals surface area contributed by atoms with Gasteiger partial charge in [0.15, 0.2) is 6.10 Å². The maximum Gasteiger partial charge on any atom is 0.306 e. The third-order valence-electron chi connectivity index (χ3n) is 10.2. The molecule has 2 atom stereocenters. The summed E-state index contributed by atoms with van der Waals surface area (Å²) in [6.45, 7) is 4.46. The van der Waals surface area contributed by atoms with Gasteiger partial charge in [-0.2, -0.15) is 0 Å². The fraction of sp³-hybridized carbons (Fsp3) is 0.648. The van der Waals surface area contributed by atoms with Crippen LogP contribution in [0.4, 0.5) is 0 Å². The lowest BCUT2D eigenvalue weighted by molar-refractivity contribution is -0.889. The first-order valence-corrected chi connectivity index (χ1v) is 24.3. The predicted octanol–water partition coefficient (Wildman–Crippen LogP) is 12.5. The summed E-state index contributed by atoms with van der Waals surface area (Å²) in [5.74, 6) is -1.82. The van der Waals surface area contributed by atoms with Crippen molar-refractivity contribution in [2.45, 2.75) is 187 Å². The Labute approximate surface area is 379 Å². The number of aliphatic carboxylic acids is 1. The van der Waals surface area contributed by atoms with Crippen molar-refractivity contribution in [1.82, 2.24) is 0 Å². The smallest absolute Gasteiger partial charge is 0.306 e. The van der Waals surface area contributed by atoms with Crippen molar-refractivity contribution in [3.8, 4) is 0 Å². The molecule has 352 valence electrons. The molecule has 0 aliphatic heterocycles. The predicted molar refractivity (Wildman–Crippen MR) is 258 cm³/mol. The number of likely N-dealkylation sites (N-methyl/N-ethyl adjacent to an activating group) is 1. The minimum absolute atomic E-state index is 0.0131. The fourth-order valence-corrected chi connectivity index (χ4v) is 6.48. The van der Waals surface area contributed by atoms with Gasteiger partial charge in [-0.15, -0.1) is 0 Å². The number of hydrogen-bond acceptors (Lipinski definition) is 7. The number of carbonyl (C=O) groups excluding carboxylic acids is 3. The number of hydrogen-bond donors (Lipinski definition) is 0. The molecule has 0 radical (unpaired) electrons. The molecule has 0 N–H and O–H groups in total. The lowest BCUT2D eigenvalue weighted by Gasteiger charge is -2.34. The van der Waals surface area contributed by atoms with E-state index in [9.17, 15) is 19.5 Å². The van der Waals surface area contributed by atoms with E-state index in [0.29, 0.717) is 12.8 Å². The summed E-state index contributed by atoms with van der Waals surface area (Å²) in [5, 5.41) is 11.6. The van der Waals surface area contributed by atoms with E-state index in [1.807, 2.05) is 0 Å². The van der Waals surface area contributed by atoms with Crippen molar-refractivity contribution in [2.24, 2.45) is 0 Å². The third-order valence-corrected chi connectivity index (χ3v) is 10.2. The number of carbonyl (C=O) groups is 3. The molecular formula is C54H89NO7. The average Bonchev–Trinajstić information content (AvgIpc) is 3.23. The van der Waals surface area contributed by atoms with Gasteiger partial charge in [0, 0.05) is 19.3 Å². The SMILES string of the molecule is CC/C=C/C/C=C/C/C=C/C/C=C/C/C=C/C/C=C/CCCCCC(=O)OCC(COCCC(C(=O)[O-])[N+](C)(C)C)OC(=O)CCCCC/C=C/C=C/CCCCCCCCC. The van der Waals surface area contributed by atoms with Gasteiger partial charge in [-0.25, -0.2) is 0 Å². The average molecular weight is 864 g/mol. The fourth-order valence-electron chi connectivity index (χ4n) is 6.48. The quantitative estimate of drug-likeness (QED) is 0.0198. The van der Waals surface area contributed by atoms with E-state index in [1.54, 1.807) is 21.1 Å². The Kier molecular flexibility index (Phi) is 41.2. The molecule has 0 aromatic carbocycles. The van der Waals surface area contributed by atoms with Crippen molar-refractivity contribution >= 4 is 17.9 Å². The van der Waals surface area contributed by atoms with Crippen LogP contribution in [0.5, 0.6) is 0 Å². The van der Waals surface area contributed by atoms with E-state index in [2.05, 4.69) is 111 Å². The van der Waals surface area contributed by atoms with Crippen molar-refractivity contribution in [3.63, 3.8) is 0 Å². The topological polar surface area (TPSA) is 102 Å². The lowest BCUT2D eigenvalue weighted by atomic mass is 10.1. The van der Waals surface area contributed by atoms with Crippen LogP contribution < -0.4 is 5.11 Å². The van der Waals surface area contributed by atoms with Crippen molar-refractivity contribution in [2.75, 3.05) is 41.0 Å². The number of carboxylic acid groups (broad SMARTS) is 1. The zero-order valence-electron chi connectivity index (χ0n) is 40.0. The van der Waals surface area contributed by atoms with Crippen LogP contribution in [0.15, 0.2) is 97.2 Å². The summed E-state index contributed by atoms with van der Waals surface area (Å²) in [7, 11) is 5.38. The maximum atomic E-state index is 12.7. The van der Waals surface area contributed by atoms with E-state index >= 15 is 0 Å². The monoisotopic (exact) mass is 864 g/mol. The van der Waals surface area contributed by atoms with Crippen molar-refractivity contribution in [1.29, 1.82) is 0 Å². The Morgan fingerprint density at radius 3 is 1.44 bits per heavy atom. The second kappa shape index (κ2) is 43.9. The van der Waals surface area contributed by atoms with Crippen molar-refractivity contribution in [3.05, 3.63) is 97.2 Å². The van der Waals surface area contributed by atoms with Gasteiger partial charge in [-0.3, -0.25) is 9.59 Å². The molecule has 8 nitrogen and oxygen atoms in total. The van der Waals surface area contributed by atoms with Crippen LogP contribution in [0, 0.1) is 0 Å². The van der Waals surface area contributed by atoms with Crippen LogP contribution in [0.3, 0.4) is 0 Å². The summed E-state index contributed by atoms with van der Waals surface area (Å²) in [6, 6.07) is -0.742. The number of rotatable bonds is 42. The normalized spacial score (nSPS) is 13.8. The Hall–Kier alpha value is -3.75. The minimum Gasteiger partial charge on any atom is -0.544 e. The van der Waals surface area contributed by atoms with E-state index < -0.39 is 18.1 Å². The highest BCUT2D eigenvalue weighted by Crippen LogP contribution is 2.12. The summed E-state index contributed by atoms with van der Waals surface area (Å²) in [4.78, 5) is 37.0. The van der Waals surface area contributed by atoms with Gasteiger partial charge < -0.3 is 28.6 Å². The Bertz CT molecular complexity index is 1330. The second-order valence-electron chi connectivity index (χ2n) is 17.0. The Balaban J connectivity index is 4.41. The lowest BCUT2D eigenvalue weighted by Crippen LogP contribution is -2.55. The Morgan fingerprint density at radius 1 is 0.516 bits per heavy atom. The third kappa shape index (κ3) is 41.6. The number of nitrogens with zero attached hydrogens (tertiary/aromatic N) is 1. The van der Waals surface area contributed by atoms with Gasteiger partial charge in [0.05, 0.1) is 40.3 Å². The highest BCUT2D eigenvalue weighted by atomic mass is 16.6. The summed E-state index contributed by atoms with van der Waals surface area (Å²) in [6.07, 6.45) is 58.6. The van der Waals surface area contributed by atoms with Crippen LogP contribution in [0.2, 0.25) is 0 Å². The number of quaternary nitrogens is 1. The molecule has 0 aromatic heterocycles. The molecule has 0 aliphatic rings. The molecule has 0 heterocycles. The molecule has 62 heavy (non-hydrogen) atoms. The molecule has 0 fully saturated rings. The van der Waals surface area contributed by atoms with Gasteiger partial charge in [-0.1, -0.05) is 162 Å². The van der Waals surface area contributed by atoms with Crippen LogP contribution in [-0.2, 0) is 28.6 Å². The zero-order valence-corrected chi connectivity index (χ0v) is 40.0. The van der Waals surface area contributed by atoms with Crippen LogP contribution in [0.25, 0.3) is 0 Å². The molecule has 0 aromatic rings. The van der Waals surface area contributed by atoms with E-state index in [0.717, 1.165) is 89.9 Å². The second-order valence-corrected chi connectivity index (χ2v) is 17.0. The summed E-state index contributed by atoms with van der Waals surface area (Å²) in [5.41, 5.74) is 0. The van der Waals surface area contributed by atoms with Crippen molar-refractivity contribution < 1.29 is 38.2 Å². The first kappa shape index (κ1) is 58.2. The standard InChI is InChI=1S/C54H89NO7/c1-6-8-10-12-14-16-18-20-22-24-25-26-27-28-29-31-32-34-36-38-40-42-44-52(56)61-49-50(48-60-47-46-51(54(58)59)55(3,4)5)62-53(57)45-43-41-39-37-35-33-30-23-21-19-17-15-13-11-9-7-2/h8,10,14,16,20,22-23,25-26,28-30,32-35,50-51H,6-7,9,11-13,15,17-19,21,24,27,31,36-49H2,1-5H3/b10-8+,16-14+,22-20+,26-25+,29-28+,30-23+,34-32+,35-33+. The largest absolute Gasteiger partial charge is 0.544 e. The molecule has 0 rings (SSSR count). The molecule has 0 bridgehead atoms. The van der Waals surface area contributed by atoms with Crippen LogP contribution in [-0.4, -0.2) is 75.5 Å². The number of ether oxygens (including phenoxy) is 3. The molecule has 0 aliphatic carbocycles. The first-order chi connectivity index (χ1) is 30.1. The molecule has 0 saturated carbocycles. The maximum absolute atomic E-state index is 12.7. The van der Waals surface area contributed by atoms with Gasteiger partial charge in [-0.05, 0) is 89.9 Å². The highest BCUT2D eigenvalue weighted by Gasteiger charge is 2.25. The number of esters is 2. The summed E-state index contributed by atoms with van der Waals surface area (Å²) >= 11 is 0. The number of unbranched alkanes of at least 4 members (excludes halogenated alkanes) is 13. The van der Waals surface area contributed by atoms with E-state index in [4.69, 9.17) is 14.2 Å². The van der Waals surface area contributed by atoms with Gasteiger partial charge >= 0.3 is 11.9 Å². The highest BCUT2D eigenvalue weighted by molar-refractivity contribution is 5.70. The molecule has 0 amide bonds. The van der Waals surface area contributed by atoms with Gasteiger partial charge in [0.1, 0.15) is 12.6 Å².